The number of hydrogen-bond acceptors (Lipinski definition) is 3. The lowest BCUT2D eigenvalue weighted by Crippen LogP contribution is -2.59. The summed E-state index contributed by atoms with van der Waals surface area (Å²) in [5.41, 5.74) is 0.766. The van der Waals surface area contributed by atoms with Crippen molar-refractivity contribution in [3.05, 3.63) is 0 Å². The zero-order valence-corrected chi connectivity index (χ0v) is 15.2. The van der Waals surface area contributed by atoms with Crippen molar-refractivity contribution in [2.45, 2.75) is 78.4 Å². The molecule has 2 aliphatic rings. The molecule has 2 unspecified atom stereocenters. The van der Waals surface area contributed by atoms with Gasteiger partial charge in [0.2, 0.25) is 0 Å². The molecule has 2 fully saturated rings. The molecular formula is C18H37N3. The summed E-state index contributed by atoms with van der Waals surface area (Å²) in [6.07, 6.45) is 3.96. The van der Waals surface area contributed by atoms with Gasteiger partial charge in [-0.2, -0.15) is 0 Å². The van der Waals surface area contributed by atoms with Crippen molar-refractivity contribution in [3.8, 4) is 0 Å². The Balaban J connectivity index is 1.95. The normalized spacial score (nSPS) is 31.7. The van der Waals surface area contributed by atoms with E-state index in [9.17, 15) is 0 Å². The van der Waals surface area contributed by atoms with Crippen LogP contribution in [0.3, 0.4) is 0 Å². The van der Waals surface area contributed by atoms with E-state index in [1.165, 1.54) is 45.4 Å². The van der Waals surface area contributed by atoms with Crippen molar-refractivity contribution < 1.29 is 0 Å². The van der Waals surface area contributed by atoms with Crippen molar-refractivity contribution in [2.75, 3.05) is 32.7 Å². The van der Waals surface area contributed by atoms with E-state index in [0.29, 0.717) is 17.0 Å². The highest BCUT2D eigenvalue weighted by Crippen LogP contribution is 2.40. The molecule has 3 heteroatoms. The SMILES string of the molecule is CCCNC1C(N2CCN(C(C)(C)C)CC2)CCC1(C)C. The second kappa shape index (κ2) is 6.55. The molecule has 2 atom stereocenters. The molecule has 21 heavy (non-hydrogen) atoms. The molecule has 0 bridgehead atoms. The summed E-state index contributed by atoms with van der Waals surface area (Å²) in [6, 6.07) is 1.41. The van der Waals surface area contributed by atoms with E-state index in [0.717, 1.165) is 12.6 Å². The van der Waals surface area contributed by atoms with Gasteiger partial charge in [-0.1, -0.05) is 20.8 Å². The zero-order chi connectivity index (χ0) is 15.7. The highest BCUT2D eigenvalue weighted by molar-refractivity contribution is 5.02. The molecule has 2 rings (SSSR count). The first kappa shape index (κ1) is 17.2. The molecule has 124 valence electrons. The Kier molecular flexibility index (Phi) is 5.38. The van der Waals surface area contributed by atoms with Crippen LogP contribution in [0.1, 0.15) is 60.8 Å². The van der Waals surface area contributed by atoms with Crippen LogP contribution in [0.5, 0.6) is 0 Å². The van der Waals surface area contributed by atoms with E-state index in [2.05, 4.69) is 56.7 Å². The van der Waals surface area contributed by atoms with E-state index in [1.54, 1.807) is 0 Å². The highest BCUT2D eigenvalue weighted by atomic mass is 15.3. The lowest BCUT2D eigenvalue weighted by Gasteiger charge is -2.46. The Morgan fingerprint density at radius 1 is 1.10 bits per heavy atom. The van der Waals surface area contributed by atoms with Crippen LogP contribution < -0.4 is 5.32 Å². The third kappa shape index (κ3) is 4.00. The summed E-state index contributed by atoms with van der Waals surface area (Å²) in [4.78, 5) is 5.41. The molecule has 0 aromatic carbocycles. The fraction of sp³-hybridized carbons (Fsp3) is 1.00. The van der Waals surface area contributed by atoms with Crippen LogP contribution in [-0.2, 0) is 0 Å². The van der Waals surface area contributed by atoms with Gasteiger partial charge in [-0.15, -0.1) is 0 Å². The van der Waals surface area contributed by atoms with Gasteiger partial charge in [0.1, 0.15) is 0 Å². The first-order valence-corrected chi connectivity index (χ1v) is 8.98. The average molecular weight is 296 g/mol. The summed E-state index contributed by atoms with van der Waals surface area (Å²) in [5, 5.41) is 3.86. The largest absolute Gasteiger partial charge is 0.312 e. The Morgan fingerprint density at radius 3 is 2.24 bits per heavy atom. The molecule has 1 saturated heterocycles. The quantitative estimate of drug-likeness (QED) is 0.860. The highest BCUT2D eigenvalue weighted by Gasteiger charge is 2.44. The fourth-order valence-electron chi connectivity index (χ4n) is 4.19. The Bertz CT molecular complexity index is 324. The van der Waals surface area contributed by atoms with Crippen LogP contribution in [0, 0.1) is 5.41 Å². The van der Waals surface area contributed by atoms with Crippen LogP contribution in [0.4, 0.5) is 0 Å². The minimum atomic E-state index is 0.320. The Morgan fingerprint density at radius 2 is 1.71 bits per heavy atom. The van der Waals surface area contributed by atoms with Crippen LogP contribution in [-0.4, -0.2) is 60.1 Å². The fourth-order valence-corrected chi connectivity index (χ4v) is 4.19. The second-order valence-corrected chi connectivity index (χ2v) is 8.72. The number of nitrogens with one attached hydrogen (secondary N) is 1. The summed E-state index contributed by atoms with van der Waals surface area (Å²) in [6.45, 7) is 20.3. The van der Waals surface area contributed by atoms with Gasteiger partial charge in [0.15, 0.2) is 0 Å². The molecular weight excluding hydrogens is 258 g/mol. The van der Waals surface area contributed by atoms with Gasteiger partial charge in [0, 0.05) is 43.8 Å². The molecule has 0 aromatic heterocycles. The van der Waals surface area contributed by atoms with Gasteiger partial charge in [0.05, 0.1) is 0 Å². The molecule has 0 radical (unpaired) electrons. The maximum Gasteiger partial charge on any atom is 0.0274 e. The van der Waals surface area contributed by atoms with Gasteiger partial charge in [-0.05, 0) is 52.0 Å². The van der Waals surface area contributed by atoms with Crippen LogP contribution in [0.25, 0.3) is 0 Å². The van der Waals surface area contributed by atoms with Crippen LogP contribution >= 0.6 is 0 Å². The van der Waals surface area contributed by atoms with Crippen molar-refractivity contribution in [3.63, 3.8) is 0 Å². The molecule has 1 saturated carbocycles. The zero-order valence-electron chi connectivity index (χ0n) is 15.2. The van der Waals surface area contributed by atoms with Gasteiger partial charge >= 0.3 is 0 Å². The van der Waals surface area contributed by atoms with E-state index in [1.807, 2.05) is 0 Å². The van der Waals surface area contributed by atoms with E-state index in [4.69, 9.17) is 0 Å². The molecule has 3 nitrogen and oxygen atoms in total. The van der Waals surface area contributed by atoms with Gasteiger partial charge in [-0.3, -0.25) is 9.80 Å². The predicted molar refractivity (Wildman–Crippen MR) is 91.8 cm³/mol. The smallest absolute Gasteiger partial charge is 0.0274 e. The maximum atomic E-state index is 3.86. The number of nitrogens with zero attached hydrogens (tertiary/aromatic N) is 2. The van der Waals surface area contributed by atoms with E-state index >= 15 is 0 Å². The first-order valence-electron chi connectivity index (χ1n) is 8.98. The maximum absolute atomic E-state index is 3.86. The van der Waals surface area contributed by atoms with Crippen molar-refractivity contribution >= 4 is 0 Å². The molecule has 0 aromatic rings. The monoisotopic (exact) mass is 295 g/mol. The van der Waals surface area contributed by atoms with Crippen molar-refractivity contribution in [2.24, 2.45) is 5.41 Å². The number of rotatable bonds is 4. The molecule has 1 heterocycles. The predicted octanol–water partition coefficient (Wildman–Crippen LogP) is 2.96. The molecule has 0 amide bonds. The topological polar surface area (TPSA) is 18.5 Å². The first-order chi connectivity index (χ1) is 9.75. The summed E-state index contributed by atoms with van der Waals surface area (Å²) < 4.78 is 0. The van der Waals surface area contributed by atoms with Crippen LogP contribution in [0.2, 0.25) is 0 Å². The Labute approximate surface area is 132 Å². The Hall–Kier alpha value is -0.120. The van der Waals surface area contributed by atoms with E-state index in [-0.39, 0.29) is 0 Å². The number of hydrogen-bond donors (Lipinski definition) is 1. The van der Waals surface area contributed by atoms with Crippen molar-refractivity contribution in [1.29, 1.82) is 0 Å². The molecule has 1 N–H and O–H groups in total. The average Bonchev–Trinajstić information content (AvgIpc) is 2.71. The van der Waals surface area contributed by atoms with Gasteiger partial charge in [0.25, 0.3) is 0 Å². The standard InChI is InChI=1S/C18H37N3/c1-7-10-19-16-15(8-9-18(16,5)6)20-11-13-21(14-12-20)17(2,3)4/h15-16,19H,7-14H2,1-6H3. The molecule has 1 aliphatic carbocycles. The van der Waals surface area contributed by atoms with Crippen molar-refractivity contribution in [1.82, 2.24) is 15.1 Å². The number of piperazine rings is 1. The minimum absolute atomic E-state index is 0.320. The molecule has 1 aliphatic heterocycles. The van der Waals surface area contributed by atoms with Crippen LogP contribution in [0.15, 0.2) is 0 Å². The lowest BCUT2D eigenvalue weighted by molar-refractivity contribution is 0.0325. The van der Waals surface area contributed by atoms with Gasteiger partial charge in [-0.25, -0.2) is 0 Å². The minimum Gasteiger partial charge on any atom is -0.312 e. The van der Waals surface area contributed by atoms with E-state index < -0.39 is 0 Å². The summed E-state index contributed by atoms with van der Waals surface area (Å²) >= 11 is 0. The summed E-state index contributed by atoms with van der Waals surface area (Å²) in [7, 11) is 0. The summed E-state index contributed by atoms with van der Waals surface area (Å²) in [5.74, 6) is 0. The third-order valence-corrected chi connectivity index (χ3v) is 5.66. The molecule has 0 spiro atoms. The van der Waals surface area contributed by atoms with Gasteiger partial charge < -0.3 is 5.32 Å². The third-order valence-electron chi connectivity index (χ3n) is 5.66. The second-order valence-electron chi connectivity index (χ2n) is 8.72. The lowest BCUT2D eigenvalue weighted by atomic mass is 9.86.